The van der Waals surface area contributed by atoms with Gasteiger partial charge in [-0.3, -0.25) is 4.79 Å². The zero-order chi connectivity index (χ0) is 15.1. The van der Waals surface area contributed by atoms with Crippen LogP contribution in [0.15, 0.2) is 30.3 Å². The van der Waals surface area contributed by atoms with Gasteiger partial charge in [0.05, 0.1) is 5.52 Å². The maximum atomic E-state index is 13.4. The number of benzene rings is 1. The molecule has 0 spiro atoms. The molecule has 2 aliphatic rings. The van der Waals surface area contributed by atoms with Gasteiger partial charge in [-0.05, 0) is 49.9 Å². The predicted octanol–water partition coefficient (Wildman–Crippen LogP) is 2.62. The number of aromatic nitrogens is 1. The summed E-state index contributed by atoms with van der Waals surface area (Å²) < 4.78 is 13.4. The van der Waals surface area contributed by atoms with Crippen LogP contribution in [0.25, 0.3) is 10.9 Å². The number of rotatable bonds is 3. The molecule has 1 atom stereocenters. The third-order valence-electron chi connectivity index (χ3n) is 4.41. The van der Waals surface area contributed by atoms with Gasteiger partial charge in [0.15, 0.2) is 0 Å². The van der Waals surface area contributed by atoms with Gasteiger partial charge in [-0.15, -0.1) is 0 Å². The minimum atomic E-state index is -0.290. The smallest absolute Gasteiger partial charge is 0.242 e. The van der Waals surface area contributed by atoms with Gasteiger partial charge >= 0.3 is 0 Å². The fourth-order valence-electron chi connectivity index (χ4n) is 3.08. The standard InChI is InChI=1S/C17H18FN3O/c18-12-5-3-11-4-8-16(20-14(11)10-12)21-9-1-2-15(21)17(22)19-13-6-7-13/h3-5,8,10,13,15H,1-2,6-7,9H2,(H,19,22)/t15-/m0/s1. The zero-order valence-corrected chi connectivity index (χ0v) is 12.3. The van der Waals surface area contributed by atoms with Crippen LogP contribution in [0.1, 0.15) is 25.7 Å². The summed E-state index contributed by atoms with van der Waals surface area (Å²) in [6.07, 6.45) is 4.00. The molecule has 1 aliphatic heterocycles. The molecule has 22 heavy (non-hydrogen) atoms. The molecule has 4 nitrogen and oxygen atoms in total. The molecule has 2 heterocycles. The first kappa shape index (κ1) is 13.5. The topological polar surface area (TPSA) is 45.2 Å². The molecule has 1 aromatic heterocycles. The van der Waals surface area contributed by atoms with E-state index in [0.29, 0.717) is 11.6 Å². The van der Waals surface area contributed by atoms with Crippen LogP contribution in [-0.2, 0) is 4.79 Å². The number of hydrogen-bond donors (Lipinski definition) is 1. The van der Waals surface area contributed by atoms with Crippen LogP contribution in [-0.4, -0.2) is 29.5 Å². The Morgan fingerprint density at radius 3 is 2.86 bits per heavy atom. The summed E-state index contributed by atoms with van der Waals surface area (Å²) in [5, 5.41) is 3.98. The zero-order valence-electron chi connectivity index (χ0n) is 12.3. The Kier molecular flexibility index (Phi) is 3.21. The van der Waals surface area contributed by atoms with Crippen molar-refractivity contribution in [2.75, 3.05) is 11.4 Å². The first-order valence-corrected chi connectivity index (χ1v) is 7.84. The lowest BCUT2D eigenvalue weighted by Crippen LogP contribution is -2.44. The maximum Gasteiger partial charge on any atom is 0.242 e. The summed E-state index contributed by atoms with van der Waals surface area (Å²) in [6, 6.07) is 8.67. The normalized spacial score (nSPS) is 21.3. The average Bonchev–Trinajstić information content (AvgIpc) is 3.18. The van der Waals surface area contributed by atoms with E-state index in [4.69, 9.17) is 0 Å². The van der Waals surface area contributed by atoms with Crippen molar-refractivity contribution >= 4 is 22.6 Å². The van der Waals surface area contributed by atoms with Gasteiger partial charge in [-0.1, -0.05) is 0 Å². The van der Waals surface area contributed by atoms with Gasteiger partial charge < -0.3 is 10.2 Å². The van der Waals surface area contributed by atoms with Gasteiger partial charge in [0, 0.05) is 24.0 Å². The highest BCUT2D eigenvalue weighted by Gasteiger charge is 2.34. The van der Waals surface area contributed by atoms with Gasteiger partial charge in [-0.2, -0.15) is 0 Å². The van der Waals surface area contributed by atoms with Crippen LogP contribution in [0.3, 0.4) is 0 Å². The van der Waals surface area contributed by atoms with Crippen LogP contribution in [0, 0.1) is 5.82 Å². The second-order valence-electron chi connectivity index (χ2n) is 6.14. The number of pyridine rings is 1. The maximum absolute atomic E-state index is 13.4. The van der Waals surface area contributed by atoms with Crippen LogP contribution in [0.2, 0.25) is 0 Å². The number of carbonyl (C=O) groups is 1. The third kappa shape index (κ3) is 2.51. The molecule has 0 bridgehead atoms. The summed E-state index contributed by atoms with van der Waals surface area (Å²) in [6.45, 7) is 0.816. The minimum Gasteiger partial charge on any atom is -0.352 e. The molecule has 4 rings (SSSR count). The van der Waals surface area contributed by atoms with Gasteiger partial charge in [0.2, 0.25) is 5.91 Å². The van der Waals surface area contributed by atoms with E-state index in [9.17, 15) is 9.18 Å². The second kappa shape index (κ2) is 5.23. The highest BCUT2D eigenvalue weighted by atomic mass is 19.1. The number of halogens is 1. The lowest BCUT2D eigenvalue weighted by atomic mass is 10.2. The van der Waals surface area contributed by atoms with Crippen molar-refractivity contribution in [2.24, 2.45) is 0 Å². The van der Waals surface area contributed by atoms with E-state index in [-0.39, 0.29) is 17.8 Å². The third-order valence-corrected chi connectivity index (χ3v) is 4.41. The van der Waals surface area contributed by atoms with E-state index in [1.54, 1.807) is 6.07 Å². The quantitative estimate of drug-likeness (QED) is 0.947. The van der Waals surface area contributed by atoms with Crippen molar-refractivity contribution in [1.29, 1.82) is 0 Å². The minimum absolute atomic E-state index is 0.0983. The van der Waals surface area contributed by atoms with Crippen molar-refractivity contribution in [3.05, 3.63) is 36.1 Å². The van der Waals surface area contributed by atoms with Crippen LogP contribution < -0.4 is 10.2 Å². The molecular weight excluding hydrogens is 281 g/mol. The molecule has 5 heteroatoms. The fourth-order valence-corrected chi connectivity index (χ4v) is 3.08. The van der Waals surface area contributed by atoms with Crippen LogP contribution in [0.4, 0.5) is 10.2 Å². The van der Waals surface area contributed by atoms with Crippen molar-refractivity contribution in [1.82, 2.24) is 10.3 Å². The summed E-state index contributed by atoms with van der Waals surface area (Å²) in [5.74, 6) is 0.564. The number of anilines is 1. The average molecular weight is 299 g/mol. The van der Waals surface area contributed by atoms with E-state index < -0.39 is 0 Å². The Morgan fingerprint density at radius 1 is 1.23 bits per heavy atom. The van der Waals surface area contributed by atoms with Crippen molar-refractivity contribution in [3.63, 3.8) is 0 Å². The summed E-state index contributed by atoms with van der Waals surface area (Å²) in [5.41, 5.74) is 0.630. The molecule has 1 N–H and O–H groups in total. The van der Waals surface area contributed by atoms with Gasteiger partial charge in [-0.25, -0.2) is 9.37 Å². The molecule has 114 valence electrons. The van der Waals surface area contributed by atoms with Gasteiger partial charge in [0.25, 0.3) is 0 Å². The highest BCUT2D eigenvalue weighted by Crippen LogP contribution is 2.27. The number of hydrogen-bond acceptors (Lipinski definition) is 3. The molecule has 0 unspecified atom stereocenters. The van der Waals surface area contributed by atoms with E-state index in [1.807, 2.05) is 17.0 Å². The summed E-state index contributed by atoms with van der Waals surface area (Å²) in [7, 11) is 0. The largest absolute Gasteiger partial charge is 0.352 e. The van der Waals surface area contributed by atoms with E-state index in [1.165, 1.54) is 12.1 Å². The van der Waals surface area contributed by atoms with Gasteiger partial charge in [0.1, 0.15) is 17.7 Å². The van der Waals surface area contributed by atoms with Crippen LogP contribution >= 0.6 is 0 Å². The number of amides is 1. The Balaban J connectivity index is 1.62. The van der Waals surface area contributed by atoms with E-state index >= 15 is 0 Å². The molecule has 1 aliphatic carbocycles. The second-order valence-corrected chi connectivity index (χ2v) is 6.14. The van der Waals surface area contributed by atoms with E-state index in [0.717, 1.165) is 43.4 Å². The Morgan fingerprint density at radius 2 is 2.05 bits per heavy atom. The molecule has 1 saturated heterocycles. The molecule has 0 radical (unpaired) electrons. The number of fused-ring (bicyclic) bond motifs is 1. The number of nitrogens with zero attached hydrogens (tertiary/aromatic N) is 2. The summed E-state index contributed by atoms with van der Waals surface area (Å²) in [4.78, 5) is 19.0. The lowest BCUT2D eigenvalue weighted by Gasteiger charge is -2.25. The predicted molar refractivity (Wildman–Crippen MR) is 83.2 cm³/mol. The molecule has 1 aromatic carbocycles. The van der Waals surface area contributed by atoms with Crippen molar-refractivity contribution in [3.8, 4) is 0 Å². The number of nitrogens with one attached hydrogen (secondary N) is 1. The molecule has 2 fully saturated rings. The lowest BCUT2D eigenvalue weighted by molar-refractivity contribution is -0.122. The highest BCUT2D eigenvalue weighted by molar-refractivity contribution is 5.87. The van der Waals surface area contributed by atoms with Crippen LogP contribution in [0.5, 0.6) is 0 Å². The van der Waals surface area contributed by atoms with Crippen molar-refractivity contribution < 1.29 is 9.18 Å². The monoisotopic (exact) mass is 299 g/mol. The van der Waals surface area contributed by atoms with Crippen molar-refractivity contribution in [2.45, 2.75) is 37.8 Å². The first-order valence-electron chi connectivity index (χ1n) is 7.84. The summed E-state index contributed by atoms with van der Waals surface area (Å²) >= 11 is 0. The number of carbonyl (C=O) groups excluding carboxylic acids is 1. The molecular formula is C17H18FN3O. The molecule has 1 amide bonds. The Labute approximate surface area is 128 Å². The Hall–Kier alpha value is -2.17. The molecule has 1 saturated carbocycles. The fraction of sp³-hybridized carbons (Fsp3) is 0.412. The molecule has 2 aromatic rings. The Bertz CT molecular complexity index is 729. The SMILES string of the molecule is O=C(NC1CC1)[C@@H]1CCCN1c1ccc2ccc(F)cc2n1. The van der Waals surface area contributed by atoms with E-state index in [2.05, 4.69) is 10.3 Å². The first-order chi connectivity index (χ1) is 10.7.